The van der Waals surface area contributed by atoms with E-state index in [0.29, 0.717) is 12.8 Å². The number of benzene rings is 1. The number of aliphatic hydroxyl groups is 1. The molecule has 0 spiro atoms. The Morgan fingerprint density at radius 1 is 1.21 bits per heavy atom. The van der Waals surface area contributed by atoms with Crippen LogP contribution in [0.4, 0.5) is 8.78 Å². The normalized spacial score (nSPS) is 19.5. The number of pyridine rings is 1. The van der Waals surface area contributed by atoms with Crippen molar-refractivity contribution in [1.82, 2.24) is 19.9 Å². The van der Waals surface area contributed by atoms with Gasteiger partial charge in [0.1, 0.15) is 11.6 Å². The molecule has 10 nitrogen and oxygen atoms in total. The van der Waals surface area contributed by atoms with Gasteiger partial charge in [-0.2, -0.15) is 4.31 Å². The molecule has 13 heteroatoms. The first-order valence-electron chi connectivity index (χ1n) is 12.5. The van der Waals surface area contributed by atoms with Crippen LogP contribution in [0, 0.1) is 17.6 Å². The highest BCUT2D eigenvalue weighted by atomic mass is 32.2. The van der Waals surface area contributed by atoms with Crippen LogP contribution in [-0.4, -0.2) is 65.9 Å². The Morgan fingerprint density at radius 2 is 1.95 bits per heavy atom. The Balaban J connectivity index is 1.45. The average Bonchev–Trinajstić information content (AvgIpc) is 3.20. The van der Waals surface area contributed by atoms with Crippen LogP contribution in [0.2, 0.25) is 0 Å². The highest BCUT2D eigenvalue weighted by Crippen LogP contribution is 2.23. The summed E-state index contributed by atoms with van der Waals surface area (Å²) < 4.78 is 59.5. The number of β-amino-alcohol motifs (C(OH)–C–C–N with tert-alkyl or cyclic N) is 1. The molecule has 3 heterocycles. The number of aromatic nitrogens is 1. The lowest BCUT2D eigenvalue weighted by atomic mass is 10.0. The van der Waals surface area contributed by atoms with Gasteiger partial charge < -0.3 is 20.2 Å². The van der Waals surface area contributed by atoms with Gasteiger partial charge in [-0.15, -0.1) is 0 Å². The Bertz CT molecular complexity index is 1410. The van der Waals surface area contributed by atoms with Crippen LogP contribution in [0.25, 0.3) is 11.0 Å². The summed E-state index contributed by atoms with van der Waals surface area (Å²) in [7, 11) is -3.93. The monoisotopic (exact) mass is 564 g/mol. The summed E-state index contributed by atoms with van der Waals surface area (Å²) in [6, 6.07) is 5.76. The summed E-state index contributed by atoms with van der Waals surface area (Å²) in [5, 5.41) is 16.2. The zero-order chi connectivity index (χ0) is 28.3. The van der Waals surface area contributed by atoms with Gasteiger partial charge in [0.2, 0.25) is 5.91 Å². The minimum Gasteiger partial charge on any atom is -0.451 e. The maximum Gasteiger partial charge on any atom is 0.287 e. The van der Waals surface area contributed by atoms with Gasteiger partial charge in [0.15, 0.2) is 22.4 Å². The van der Waals surface area contributed by atoms with Crippen molar-refractivity contribution in [3.8, 4) is 0 Å². The fourth-order valence-electron chi connectivity index (χ4n) is 4.49. The SMILES string of the molecule is CC(C)CC(NC(=O)c1cc2cc(F)c(F)cc2o1)C(=O)NC1CCCN(S(=O)(=O)c2ccccn2)C[C@@H]1O. The van der Waals surface area contributed by atoms with Crippen molar-refractivity contribution >= 4 is 32.8 Å². The molecule has 2 aromatic heterocycles. The molecular weight excluding hydrogens is 534 g/mol. The number of rotatable bonds is 8. The third kappa shape index (κ3) is 6.60. The number of amides is 2. The molecule has 2 unspecified atom stereocenters. The van der Waals surface area contributed by atoms with Gasteiger partial charge in [0, 0.05) is 30.7 Å². The van der Waals surface area contributed by atoms with Gasteiger partial charge >= 0.3 is 0 Å². The molecular formula is C26H30F2N4O6S. The second-order valence-electron chi connectivity index (χ2n) is 9.93. The lowest BCUT2D eigenvalue weighted by Gasteiger charge is -2.27. The Kier molecular flexibility index (Phi) is 8.62. The molecule has 0 saturated carbocycles. The Hall–Kier alpha value is -3.42. The fourth-order valence-corrected chi connectivity index (χ4v) is 5.92. The van der Waals surface area contributed by atoms with Crippen molar-refractivity contribution in [3.05, 3.63) is 60.0 Å². The van der Waals surface area contributed by atoms with Gasteiger partial charge in [-0.25, -0.2) is 22.2 Å². The lowest BCUT2D eigenvalue weighted by Crippen LogP contribution is -2.54. The third-order valence-electron chi connectivity index (χ3n) is 6.46. The summed E-state index contributed by atoms with van der Waals surface area (Å²) in [5.74, 6) is -3.73. The van der Waals surface area contributed by atoms with E-state index in [0.717, 1.165) is 16.4 Å². The number of hydrogen-bond donors (Lipinski definition) is 3. The van der Waals surface area contributed by atoms with E-state index >= 15 is 0 Å². The Morgan fingerprint density at radius 3 is 2.64 bits per heavy atom. The van der Waals surface area contributed by atoms with Crippen LogP contribution >= 0.6 is 0 Å². The first-order chi connectivity index (χ1) is 18.5. The highest BCUT2D eigenvalue weighted by Gasteiger charge is 2.35. The zero-order valence-corrected chi connectivity index (χ0v) is 22.2. The smallest absolute Gasteiger partial charge is 0.287 e. The number of sulfonamides is 1. The molecule has 1 aromatic carbocycles. The first kappa shape index (κ1) is 28.6. The summed E-state index contributed by atoms with van der Waals surface area (Å²) in [6.45, 7) is 3.62. The van der Waals surface area contributed by atoms with Gasteiger partial charge in [-0.1, -0.05) is 19.9 Å². The van der Waals surface area contributed by atoms with E-state index in [4.69, 9.17) is 4.42 Å². The van der Waals surface area contributed by atoms with Gasteiger partial charge in [-0.05, 0) is 49.4 Å². The van der Waals surface area contributed by atoms with Crippen LogP contribution in [-0.2, 0) is 14.8 Å². The van der Waals surface area contributed by atoms with E-state index in [1.165, 1.54) is 18.3 Å². The van der Waals surface area contributed by atoms with E-state index in [-0.39, 0.29) is 47.2 Å². The van der Waals surface area contributed by atoms with Crippen molar-refractivity contribution in [2.45, 2.75) is 56.3 Å². The van der Waals surface area contributed by atoms with Crippen molar-refractivity contribution in [2.24, 2.45) is 5.92 Å². The molecule has 1 aliphatic heterocycles. The Labute approximate surface area is 224 Å². The molecule has 0 bridgehead atoms. The first-order valence-corrected chi connectivity index (χ1v) is 14.0. The molecule has 3 N–H and O–H groups in total. The molecule has 2 amide bonds. The second kappa shape index (κ2) is 11.8. The number of carbonyl (C=O) groups is 2. The quantitative estimate of drug-likeness (QED) is 0.382. The number of aliphatic hydroxyl groups excluding tert-OH is 1. The summed E-state index contributed by atoms with van der Waals surface area (Å²) in [6.07, 6.45) is 1.11. The van der Waals surface area contributed by atoms with Gasteiger partial charge in [0.05, 0.1) is 12.1 Å². The fraction of sp³-hybridized carbons (Fsp3) is 0.423. The molecule has 0 radical (unpaired) electrons. The molecule has 1 fully saturated rings. The maximum atomic E-state index is 13.5. The highest BCUT2D eigenvalue weighted by molar-refractivity contribution is 7.89. The van der Waals surface area contributed by atoms with Crippen molar-refractivity contribution < 1.29 is 36.3 Å². The van der Waals surface area contributed by atoms with E-state index in [1.807, 2.05) is 13.8 Å². The second-order valence-corrected chi connectivity index (χ2v) is 11.8. The molecule has 3 aromatic rings. The number of carbonyl (C=O) groups excluding carboxylic acids is 2. The minimum atomic E-state index is -3.93. The minimum absolute atomic E-state index is 0.00187. The number of furan rings is 1. The van der Waals surface area contributed by atoms with Crippen LogP contribution in [0.3, 0.4) is 0 Å². The molecule has 1 aliphatic rings. The van der Waals surface area contributed by atoms with Crippen LogP contribution in [0.15, 0.2) is 52.0 Å². The van der Waals surface area contributed by atoms with E-state index < -0.39 is 51.7 Å². The maximum absolute atomic E-state index is 13.5. The number of halogens is 2. The predicted molar refractivity (Wildman–Crippen MR) is 137 cm³/mol. The van der Waals surface area contributed by atoms with Gasteiger partial charge in [-0.3, -0.25) is 9.59 Å². The molecule has 39 heavy (non-hydrogen) atoms. The van der Waals surface area contributed by atoms with Crippen molar-refractivity contribution in [3.63, 3.8) is 0 Å². The van der Waals surface area contributed by atoms with Crippen molar-refractivity contribution in [2.75, 3.05) is 13.1 Å². The standard InChI is InChI=1S/C26H30F2N4O6S/c1-15(2)10-20(31-26(35)23-12-16-11-17(27)18(28)13-22(16)38-23)25(34)30-19-6-5-9-32(14-21(19)33)39(36,37)24-7-3-4-8-29-24/h3-4,7-8,11-13,15,19-21,33H,5-6,9-10,14H2,1-2H3,(H,30,34)(H,31,35)/t19?,20?,21-/m0/s1. The number of hydrogen-bond acceptors (Lipinski definition) is 7. The van der Waals surface area contributed by atoms with Crippen LogP contribution < -0.4 is 10.6 Å². The molecule has 210 valence electrons. The van der Waals surface area contributed by atoms with E-state index in [2.05, 4.69) is 15.6 Å². The van der Waals surface area contributed by atoms with Crippen LogP contribution in [0.1, 0.15) is 43.7 Å². The third-order valence-corrected chi connectivity index (χ3v) is 8.24. The summed E-state index contributed by atoms with van der Waals surface area (Å²) in [5.41, 5.74) is -0.0179. The molecule has 4 rings (SSSR count). The largest absolute Gasteiger partial charge is 0.451 e. The zero-order valence-electron chi connectivity index (χ0n) is 21.4. The average molecular weight is 565 g/mol. The summed E-state index contributed by atoms with van der Waals surface area (Å²) in [4.78, 5) is 30.0. The van der Waals surface area contributed by atoms with Crippen LogP contribution in [0.5, 0.6) is 0 Å². The van der Waals surface area contributed by atoms with Crippen molar-refractivity contribution in [1.29, 1.82) is 0 Å². The van der Waals surface area contributed by atoms with Gasteiger partial charge in [0.25, 0.3) is 15.9 Å². The number of fused-ring (bicyclic) bond motifs is 1. The van der Waals surface area contributed by atoms with E-state index in [1.54, 1.807) is 12.1 Å². The summed E-state index contributed by atoms with van der Waals surface area (Å²) >= 11 is 0. The predicted octanol–water partition coefficient (Wildman–Crippen LogP) is 2.58. The topological polar surface area (TPSA) is 142 Å². The molecule has 1 saturated heterocycles. The van der Waals surface area contributed by atoms with E-state index in [9.17, 15) is 31.9 Å². The molecule has 3 atom stereocenters. The lowest BCUT2D eigenvalue weighted by molar-refractivity contribution is -0.125. The number of nitrogens with one attached hydrogen (secondary N) is 2. The number of nitrogens with zero attached hydrogens (tertiary/aromatic N) is 2. The molecule has 0 aliphatic carbocycles.